The van der Waals surface area contributed by atoms with Gasteiger partial charge in [-0.05, 0) is 0 Å². The van der Waals surface area contributed by atoms with E-state index in [1.165, 1.54) is 0 Å². The number of hydrogen-bond acceptors (Lipinski definition) is 0. The standard InChI is InChI=1S/2C5H5.C3H6Si.2ClH.Zr/c2*1-2-4-5-3-1;1-3-4-2;;;/h2*1-5H;3H,1H2,2H3;2*1H;/q2*-1;;;;+2/p-2. The molecular weight excluding hydrogens is 346 g/mol. The predicted molar refractivity (Wildman–Crippen MR) is 65.9 cm³/mol. The molecule has 17 heavy (non-hydrogen) atoms. The minimum Gasteiger partial charge on any atom is -1.00 e. The summed E-state index contributed by atoms with van der Waals surface area (Å²) in [4.78, 5) is 0. The molecule has 92 valence electrons. The Morgan fingerprint density at radius 2 is 1.18 bits per heavy atom. The molecule has 0 nitrogen and oxygen atoms in total. The summed E-state index contributed by atoms with van der Waals surface area (Å²) in [5.74, 6) is 0. The van der Waals surface area contributed by atoms with Crippen molar-refractivity contribution in [3.8, 4) is 0 Å². The van der Waals surface area contributed by atoms with E-state index >= 15 is 0 Å². The van der Waals surface area contributed by atoms with Gasteiger partial charge in [0.25, 0.3) is 0 Å². The summed E-state index contributed by atoms with van der Waals surface area (Å²) < 4.78 is 0. The van der Waals surface area contributed by atoms with Crippen LogP contribution in [0, 0.1) is 0 Å². The molecule has 0 spiro atoms. The smallest absolute Gasteiger partial charge is 0.172 e. The van der Waals surface area contributed by atoms with Gasteiger partial charge in [-0.1, -0.05) is 0 Å². The summed E-state index contributed by atoms with van der Waals surface area (Å²) in [7, 11) is 0. The molecule has 0 aliphatic heterocycles. The largest absolute Gasteiger partial charge is 1.00 e. The van der Waals surface area contributed by atoms with E-state index in [2.05, 4.69) is 18.8 Å². The Hall–Kier alpha value is 0.120. The van der Waals surface area contributed by atoms with Gasteiger partial charge in [0.2, 0.25) is 0 Å². The van der Waals surface area contributed by atoms with E-state index in [0.29, 0.717) is 0 Å². The van der Waals surface area contributed by atoms with Gasteiger partial charge < -0.3 is 24.8 Å². The quantitative estimate of drug-likeness (QED) is 0.395. The van der Waals surface area contributed by atoms with Crippen LogP contribution in [0.15, 0.2) is 72.9 Å². The zero-order valence-corrected chi connectivity index (χ0v) is 14.8. The van der Waals surface area contributed by atoms with Gasteiger partial charge >= 0.3 is 47.6 Å². The Kier molecular flexibility index (Phi) is 24.3. The van der Waals surface area contributed by atoms with Crippen LogP contribution in [0.2, 0.25) is 6.55 Å². The van der Waals surface area contributed by atoms with Gasteiger partial charge in [0, 0.05) is 0 Å². The summed E-state index contributed by atoms with van der Waals surface area (Å²) in [6.07, 6.45) is 0. The van der Waals surface area contributed by atoms with Gasteiger partial charge in [-0.3, -0.25) is 0 Å². The van der Waals surface area contributed by atoms with Gasteiger partial charge in [0.05, 0.1) is 0 Å². The molecule has 0 N–H and O–H groups in total. The van der Waals surface area contributed by atoms with Gasteiger partial charge in [-0.25, -0.2) is 24.3 Å². The van der Waals surface area contributed by atoms with E-state index in [1.807, 2.05) is 60.7 Å². The third-order valence-electron chi connectivity index (χ3n) is 1.42. The fourth-order valence-electron chi connectivity index (χ4n) is 0.642. The van der Waals surface area contributed by atoms with Crippen LogP contribution in [-0.2, 0) is 23.3 Å². The first-order valence-electron chi connectivity index (χ1n) is 4.78. The molecule has 0 amide bonds. The van der Waals surface area contributed by atoms with Crippen LogP contribution < -0.4 is 24.8 Å². The first kappa shape index (κ1) is 22.3. The number of rotatable bonds is 1. The normalized spacial score (nSPS) is 6.76. The van der Waals surface area contributed by atoms with Crippen LogP contribution in [0.4, 0.5) is 0 Å². The maximum absolute atomic E-state index is 3.63. The van der Waals surface area contributed by atoms with Crippen molar-refractivity contribution in [2.45, 2.75) is 6.55 Å². The van der Waals surface area contributed by atoms with E-state index in [9.17, 15) is 0 Å². The summed E-state index contributed by atoms with van der Waals surface area (Å²) >= 11 is 1.65. The molecule has 0 bridgehead atoms. The van der Waals surface area contributed by atoms with Crippen molar-refractivity contribution in [1.29, 1.82) is 0 Å². The van der Waals surface area contributed by atoms with Crippen LogP contribution in [0.25, 0.3) is 0 Å². The molecule has 0 saturated heterocycles. The molecule has 2 aromatic carbocycles. The van der Waals surface area contributed by atoms with Crippen LogP contribution >= 0.6 is 0 Å². The minimum atomic E-state index is -0.0201. The van der Waals surface area contributed by atoms with Gasteiger partial charge in [-0.15, -0.1) is 0 Å². The average molecular weight is 362 g/mol. The van der Waals surface area contributed by atoms with Crippen molar-refractivity contribution in [3.05, 3.63) is 72.9 Å². The Balaban J connectivity index is -0.000000163. The molecule has 0 fully saturated rings. The van der Waals surface area contributed by atoms with Crippen LogP contribution in [0.5, 0.6) is 0 Å². The second kappa shape index (κ2) is 18.5. The summed E-state index contributed by atoms with van der Waals surface area (Å²) in [5.41, 5.74) is 2.04. The van der Waals surface area contributed by atoms with Crippen molar-refractivity contribution in [2.24, 2.45) is 0 Å². The molecule has 0 saturated carbocycles. The third-order valence-corrected chi connectivity index (χ3v) is 3.53. The number of hydrogen-bond donors (Lipinski definition) is 0. The molecule has 0 radical (unpaired) electrons. The van der Waals surface area contributed by atoms with E-state index < -0.39 is 0 Å². The molecule has 0 unspecified atom stereocenters. The molecule has 0 atom stereocenters. The van der Waals surface area contributed by atoms with Crippen molar-refractivity contribution in [3.63, 3.8) is 0 Å². The van der Waals surface area contributed by atoms with Crippen LogP contribution in [0.1, 0.15) is 0 Å². The molecule has 2 rings (SSSR count). The van der Waals surface area contributed by atoms with E-state index in [0.717, 1.165) is 0 Å². The summed E-state index contributed by atoms with van der Waals surface area (Å²) in [5, 5.41) is 0. The molecule has 0 aromatic heterocycles. The van der Waals surface area contributed by atoms with E-state index in [-0.39, 0.29) is 30.2 Å². The molecule has 2 aromatic rings. The predicted octanol–water partition coefficient (Wildman–Crippen LogP) is -2.30. The van der Waals surface area contributed by atoms with Crippen molar-refractivity contribution in [2.75, 3.05) is 0 Å². The topological polar surface area (TPSA) is 0 Å². The molecule has 0 heterocycles. The molecule has 0 aliphatic rings. The third kappa shape index (κ3) is 21.9. The van der Waals surface area contributed by atoms with Gasteiger partial charge in [0.15, 0.2) is 0 Å². The monoisotopic (exact) mass is 360 g/mol. The zero-order chi connectivity index (χ0) is 11.4. The van der Waals surface area contributed by atoms with Crippen LogP contribution in [-0.4, -0.2) is 5.43 Å². The molecular formula is C13H16Cl2SiZr-2. The first-order valence-corrected chi connectivity index (χ1v) is 10.5. The molecule has 4 heteroatoms. The van der Waals surface area contributed by atoms with Crippen molar-refractivity contribution >= 4 is 5.43 Å². The van der Waals surface area contributed by atoms with Gasteiger partial charge in [0.1, 0.15) is 0 Å². The van der Waals surface area contributed by atoms with Crippen molar-refractivity contribution in [1.82, 2.24) is 0 Å². The zero-order valence-electron chi connectivity index (χ0n) is 9.81. The fourth-order valence-corrected chi connectivity index (χ4v) is 0.642. The minimum absolute atomic E-state index is 0. The first-order chi connectivity index (χ1) is 7.27. The van der Waals surface area contributed by atoms with Crippen LogP contribution in [0.3, 0.4) is 0 Å². The SMILES string of the molecule is C=C[Si](C)=[Zr+2].[Cl-].[Cl-].c1cc[cH-]c1.c1cc[cH-]c1. The maximum atomic E-state index is 3.63. The Morgan fingerprint density at radius 3 is 1.24 bits per heavy atom. The Bertz CT molecular complexity index is 268. The van der Waals surface area contributed by atoms with Gasteiger partial charge in [-0.2, -0.15) is 36.4 Å². The average Bonchev–Trinajstić information content (AvgIpc) is 2.96. The van der Waals surface area contributed by atoms with E-state index in [4.69, 9.17) is 0 Å². The second-order valence-electron chi connectivity index (χ2n) is 2.81. The Morgan fingerprint density at radius 1 is 0.941 bits per heavy atom. The maximum Gasteiger partial charge on any atom is -0.172 e. The Labute approximate surface area is 132 Å². The molecule has 0 aliphatic carbocycles. The van der Waals surface area contributed by atoms with E-state index in [1.54, 1.807) is 23.3 Å². The number of halogens is 2. The van der Waals surface area contributed by atoms with Crippen molar-refractivity contribution < 1.29 is 48.1 Å². The summed E-state index contributed by atoms with van der Waals surface area (Å²) in [6, 6.07) is 20.0. The second-order valence-corrected chi connectivity index (χ2v) is 10.4. The summed E-state index contributed by atoms with van der Waals surface area (Å²) in [6.45, 7) is 5.87. The fraction of sp³-hybridized carbons (Fsp3) is 0.0769.